The molecule has 1 aliphatic heterocycles. The Labute approximate surface area is 213 Å². The van der Waals surface area contributed by atoms with E-state index in [4.69, 9.17) is 10.2 Å². The van der Waals surface area contributed by atoms with Crippen molar-refractivity contribution in [2.75, 3.05) is 5.32 Å². The van der Waals surface area contributed by atoms with Crippen molar-refractivity contribution in [1.82, 2.24) is 14.9 Å². The van der Waals surface area contributed by atoms with Crippen molar-refractivity contribution >= 4 is 34.0 Å². The number of fused-ring (bicyclic) bond motifs is 1. The van der Waals surface area contributed by atoms with Crippen LogP contribution < -0.4 is 11.1 Å². The van der Waals surface area contributed by atoms with Gasteiger partial charge in [-0.05, 0) is 49.7 Å². The standard InChI is InChI=1S/C25H21F2N5O4S/c1-25(2,35)12-7-15(26)21(16(27)8-12)18-9-14(22(28)33)23(37-18)31-19-4-3-13-17(30-19)10-32(24(13)34)11-20-29-5-6-36-20/h3-9,35H,10-11H2,1-2H3,(H2,28,33)(H,30,31). The Bertz CT molecular complexity index is 1510. The molecule has 4 aromatic rings. The smallest absolute Gasteiger partial charge is 0.256 e. The van der Waals surface area contributed by atoms with Crippen LogP contribution in [0.3, 0.4) is 0 Å². The van der Waals surface area contributed by atoms with E-state index in [-0.39, 0.29) is 45.6 Å². The zero-order valence-electron chi connectivity index (χ0n) is 19.7. The van der Waals surface area contributed by atoms with E-state index in [0.717, 1.165) is 23.5 Å². The van der Waals surface area contributed by atoms with Crippen molar-refractivity contribution in [2.45, 2.75) is 32.5 Å². The first-order chi connectivity index (χ1) is 17.5. The summed E-state index contributed by atoms with van der Waals surface area (Å²) in [7, 11) is 0. The van der Waals surface area contributed by atoms with Gasteiger partial charge in [0.15, 0.2) is 0 Å². The van der Waals surface area contributed by atoms with Crippen molar-refractivity contribution in [3.8, 4) is 10.4 Å². The molecule has 12 heteroatoms. The molecule has 0 atom stereocenters. The van der Waals surface area contributed by atoms with Crippen molar-refractivity contribution in [3.05, 3.63) is 82.7 Å². The number of rotatable bonds is 7. The Balaban J connectivity index is 1.44. The van der Waals surface area contributed by atoms with Gasteiger partial charge < -0.3 is 25.5 Å². The van der Waals surface area contributed by atoms with E-state index < -0.39 is 23.1 Å². The molecule has 0 radical (unpaired) electrons. The number of anilines is 2. The number of hydrogen-bond donors (Lipinski definition) is 3. The molecular weight excluding hydrogens is 504 g/mol. The number of benzene rings is 1. The van der Waals surface area contributed by atoms with Crippen molar-refractivity contribution in [1.29, 1.82) is 0 Å². The summed E-state index contributed by atoms with van der Waals surface area (Å²) in [5.74, 6) is -2.08. The van der Waals surface area contributed by atoms with Crippen LogP contribution in [-0.2, 0) is 18.7 Å². The molecule has 2 amide bonds. The molecular formula is C25H21F2N5O4S. The molecule has 0 bridgehead atoms. The number of nitrogens with two attached hydrogens (primary N) is 1. The Hall–Kier alpha value is -4.16. The van der Waals surface area contributed by atoms with Gasteiger partial charge in [-0.25, -0.2) is 18.7 Å². The number of nitrogens with one attached hydrogen (secondary N) is 1. The normalized spacial score (nSPS) is 13.2. The number of pyridine rings is 1. The van der Waals surface area contributed by atoms with Crippen molar-refractivity contribution in [3.63, 3.8) is 0 Å². The van der Waals surface area contributed by atoms with Crippen LogP contribution in [0, 0.1) is 11.6 Å². The van der Waals surface area contributed by atoms with Crippen LogP contribution >= 0.6 is 11.3 Å². The van der Waals surface area contributed by atoms with E-state index >= 15 is 0 Å². The number of thiophene rings is 1. The third-order valence-corrected chi connectivity index (χ3v) is 6.94. The van der Waals surface area contributed by atoms with Gasteiger partial charge in [-0.3, -0.25) is 9.59 Å². The Morgan fingerprint density at radius 3 is 2.62 bits per heavy atom. The third kappa shape index (κ3) is 4.68. The quantitative estimate of drug-likeness (QED) is 0.327. The fourth-order valence-electron chi connectivity index (χ4n) is 4.00. The molecule has 0 fully saturated rings. The molecule has 4 heterocycles. The lowest BCUT2D eigenvalue weighted by Crippen LogP contribution is -2.23. The van der Waals surface area contributed by atoms with Gasteiger partial charge in [0, 0.05) is 4.88 Å². The van der Waals surface area contributed by atoms with Gasteiger partial charge in [0.05, 0.1) is 47.3 Å². The van der Waals surface area contributed by atoms with Gasteiger partial charge in [0.1, 0.15) is 28.7 Å². The van der Waals surface area contributed by atoms with Crippen molar-refractivity contribution < 1.29 is 27.9 Å². The molecule has 0 spiro atoms. The fourth-order valence-corrected chi connectivity index (χ4v) is 5.12. The van der Waals surface area contributed by atoms with E-state index in [1.54, 1.807) is 12.1 Å². The van der Waals surface area contributed by atoms with E-state index in [1.165, 1.54) is 37.3 Å². The molecule has 0 saturated carbocycles. The average molecular weight is 526 g/mol. The number of nitrogens with zero attached hydrogens (tertiary/aromatic N) is 3. The molecule has 3 aromatic heterocycles. The summed E-state index contributed by atoms with van der Waals surface area (Å²) >= 11 is 0.922. The maximum Gasteiger partial charge on any atom is 0.256 e. The summed E-state index contributed by atoms with van der Waals surface area (Å²) in [6, 6.07) is 6.58. The maximum absolute atomic E-state index is 14.9. The van der Waals surface area contributed by atoms with Crippen LogP contribution in [0.4, 0.5) is 19.6 Å². The van der Waals surface area contributed by atoms with Crippen LogP contribution in [0.2, 0.25) is 0 Å². The lowest BCUT2D eigenvalue weighted by Gasteiger charge is -2.18. The largest absolute Gasteiger partial charge is 0.447 e. The number of halogens is 2. The molecule has 37 heavy (non-hydrogen) atoms. The Kier molecular flexibility index (Phi) is 6.00. The number of aliphatic hydroxyl groups is 1. The van der Waals surface area contributed by atoms with E-state index in [1.807, 2.05) is 0 Å². The minimum absolute atomic E-state index is 0.0225. The lowest BCUT2D eigenvalue weighted by atomic mass is 9.96. The first-order valence-corrected chi connectivity index (χ1v) is 11.9. The summed E-state index contributed by atoms with van der Waals surface area (Å²) in [5, 5.41) is 13.3. The summed E-state index contributed by atoms with van der Waals surface area (Å²) in [4.78, 5) is 35.0. The fraction of sp³-hybridized carbons (Fsp3) is 0.200. The van der Waals surface area contributed by atoms with Crippen molar-refractivity contribution in [2.24, 2.45) is 5.73 Å². The number of carbonyl (C=O) groups is 2. The first kappa shape index (κ1) is 24.5. The lowest BCUT2D eigenvalue weighted by molar-refractivity contribution is 0.0750. The molecule has 4 N–H and O–H groups in total. The van der Waals surface area contributed by atoms with Gasteiger partial charge in [0.2, 0.25) is 5.89 Å². The topological polar surface area (TPSA) is 135 Å². The molecule has 5 rings (SSSR count). The van der Waals surface area contributed by atoms with E-state index in [2.05, 4.69) is 15.3 Å². The number of aromatic nitrogens is 2. The second-order valence-corrected chi connectivity index (χ2v) is 10.0. The number of oxazole rings is 1. The molecule has 0 unspecified atom stereocenters. The predicted molar refractivity (Wildman–Crippen MR) is 131 cm³/mol. The molecule has 0 aliphatic carbocycles. The number of amides is 2. The van der Waals surface area contributed by atoms with E-state index in [0.29, 0.717) is 23.0 Å². The zero-order chi connectivity index (χ0) is 26.5. The van der Waals surface area contributed by atoms with Crippen LogP contribution in [-0.4, -0.2) is 31.8 Å². The van der Waals surface area contributed by atoms with Gasteiger partial charge >= 0.3 is 0 Å². The van der Waals surface area contributed by atoms with Gasteiger partial charge in [-0.15, -0.1) is 11.3 Å². The molecule has 1 aliphatic rings. The second kappa shape index (κ2) is 9.05. The maximum atomic E-state index is 14.9. The summed E-state index contributed by atoms with van der Waals surface area (Å²) in [5.41, 5.74) is 4.78. The van der Waals surface area contributed by atoms with Crippen LogP contribution in [0.5, 0.6) is 0 Å². The van der Waals surface area contributed by atoms with E-state index in [9.17, 15) is 23.5 Å². The highest BCUT2D eigenvalue weighted by molar-refractivity contribution is 7.20. The molecule has 9 nitrogen and oxygen atoms in total. The highest BCUT2D eigenvalue weighted by atomic mass is 32.1. The number of carbonyl (C=O) groups excluding carboxylic acids is 2. The van der Waals surface area contributed by atoms with Gasteiger partial charge in [0.25, 0.3) is 11.8 Å². The minimum atomic E-state index is -1.44. The number of hydrogen-bond acceptors (Lipinski definition) is 8. The van der Waals surface area contributed by atoms with Crippen LogP contribution in [0.15, 0.2) is 47.2 Å². The predicted octanol–water partition coefficient (Wildman–Crippen LogP) is 4.30. The summed E-state index contributed by atoms with van der Waals surface area (Å²) in [6.07, 6.45) is 2.92. The summed E-state index contributed by atoms with van der Waals surface area (Å²) < 4.78 is 35.0. The van der Waals surface area contributed by atoms with Gasteiger partial charge in [-0.1, -0.05) is 0 Å². The van der Waals surface area contributed by atoms with Gasteiger partial charge in [-0.2, -0.15) is 0 Å². The highest BCUT2D eigenvalue weighted by Crippen LogP contribution is 2.40. The minimum Gasteiger partial charge on any atom is -0.447 e. The molecule has 0 saturated heterocycles. The zero-order valence-corrected chi connectivity index (χ0v) is 20.5. The van der Waals surface area contributed by atoms with Crippen LogP contribution in [0.1, 0.15) is 51.7 Å². The molecule has 1 aromatic carbocycles. The SMILES string of the molecule is CC(C)(O)c1cc(F)c(-c2cc(C(N)=O)c(Nc3ccc4c(n3)CN(Cc3ncco3)C4=O)s2)c(F)c1. The Morgan fingerprint density at radius 2 is 2.00 bits per heavy atom. The number of primary amides is 1. The highest BCUT2D eigenvalue weighted by Gasteiger charge is 2.30. The average Bonchev–Trinajstić information content (AvgIpc) is 3.54. The summed E-state index contributed by atoms with van der Waals surface area (Å²) in [6.45, 7) is 3.26. The Morgan fingerprint density at radius 1 is 1.27 bits per heavy atom. The first-order valence-electron chi connectivity index (χ1n) is 11.1. The van der Waals surface area contributed by atoms with Crippen LogP contribution in [0.25, 0.3) is 10.4 Å². The molecule has 190 valence electrons. The third-order valence-electron chi connectivity index (χ3n) is 5.88. The second-order valence-electron chi connectivity index (χ2n) is 8.99. The monoisotopic (exact) mass is 525 g/mol.